The highest BCUT2D eigenvalue weighted by molar-refractivity contribution is 7.98. The molecule has 29 heavy (non-hydrogen) atoms. The summed E-state index contributed by atoms with van der Waals surface area (Å²) in [7, 11) is 1.36. The predicted molar refractivity (Wildman–Crippen MR) is 112 cm³/mol. The van der Waals surface area contributed by atoms with E-state index in [0.29, 0.717) is 16.9 Å². The van der Waals surface area contributed by atoms with E-state index < -0.39 is 5.91 Å². The number of methoxy groups -OCH3 is 1. The number of hydrogen-bond acceptors (Lipinski definition) is 5. The topological polar surface area (TPSA) is 66.8 Å². The normalized spacial score (nSPS) is 10.4. The molecule has 5 nitrogen and oxygen atoms in total. The molecule has 1 N–H and O–H groups in total. The van der Waals surface area contributed by atoms with Gasteiger partial charge in [-0.05, 0) is 35.4 Å². The van der Waals surface area contributed by atoms with E-state index in [4.69, 9.17) is 4.74 Å². The van der Waals surface area contributed by atoms with Crippen molar-refractivity contribution in [1.82, 2.24) is 5.06 Å². The number of hydroxylamine groups is 2. The number of nitrogens with zero attached hydrogens (tertiary/aromatic N) is 1. The van der Waals surface area contributed by atoms with Crippen LogP contribution in [-0.2, 0) is 17.0 Å². The van der Waals surface area contributed by atoms with Crippen molar-refractivity contribution in [2.24, 2.45) is 0 Å². The minimum Gasteiger partial charge on any atom is -0.465 e. The summed E-state index contributed by atoms with van der Waals surface area (Å²) in [5.74, 6) is -0.272. The molecule has 0 saturated heterocycles. The van der Waals surface area contributed by atoms with Gasteiger partial charge in [0.25, 0.3) is 5.91 Å². The van der Waals surface area contributed by atoms with Gasteiger partial charge in [-0.15, -0.1) is 11.8 Å². The fourth-order valence-electron chi connectivity index (χ4n) is 2.85. The molecule has 0 fully saturated rings. The zero-order valence-corrected chi connectivity index (χ0v) is 16.8. The van der Waals surface area contributed by atoms with Crippen molar-refractivity contribution in [3.8, 4) is 0 Å². The smallest absolute Gasteiger partial charge is 0.338 e. The minimum atomic E-state index is -0.457. The lowest BCUT2D eigenvalue weighted by molar-refractivity contribution is -0.0652. The van der Waals surface area contributed by atoms with Crippen molar-refractivity contribution in [1.29, 1.82) is 0 Å². The molecule has 0 saturated carbocycles. The van der Waals surface area contributed by atoms with Gasteiger partial charge >= 0.3 is 5.97 Å². The lowest BCUT2D eigenvalue weighted by Crippen LogP contribution is -2.27. The summed E-state index contributed by atoms with van der Waals surface area (Å²) >= 11 is 1.53. The third kappa shape index (κ3) is 5.25. The first-order valence-electron chi connectivity index (χ1n) is 9.03. The Morgan fingerprint density at radius 1 is 0.897 bits per heavy atom. The summed E-state index contributed by atoms with van der Waals surface area (Å²) in [6.45, 7) is 0.0650. The Kier molecular flexibility index (Phi) is 7.05. The van der Waals surface area contributed by atoms with Crippen LogP contribution in [0, 0.1) is 0 Å². The minimum absolute atomic E-state index is 0.0650. The highest BCUT2D eigenvalue weighted by atomic mass is 32.2. The van der Waals surface area contributed by atoms with Gasteiger partial charge in [-0.1, -0.05) is 54.6 Å². The molecule has 0 aliphatic heterocycles. The highest BCUT2D eigenvalue weighted by Gasteiger charge is 2.16. The van der Waals surface area contributed by atoms with Crippen LogP contribution in [0.15, 0.2) is 83.8 Å². The Bertz CT molecular complexity index is 991. The van der Waals surface area contributed by atoms with Gasteiger partial charge in [0.2, 0.25) is 0 Å². The number of benzene rings is 3. The average Bonchev–Trinajstić information content (AvgIpc) is 2.78. The molecule has 3 rings (SSSR count). The molecule has 0 radical (unpaired) electrons. The molecule has 3 aromatic carbocycles. The van der Waals surface area contributed by atoms with Gasteiger partial charge in [0, 0.05) is 16.2 Å². The molecule has 3 aromatic rings. The number of amides is 1. The molecular weight excluding hydrogens is 386 g/mol. The van der Waals surface area contributed by atoms with Gasteiger partial charge in [-0.2, -0.15) is 0 Å². The quantitative estimate of drug-likeness (QED) is 0.264. The van der Waals surface area contributed by atoms with Gasteiger partial charge < -0.3 is 4.74 Å². The van der Waals surface area contributed by atoms with E-state index >= 15 is 0 Å². The Morgan fingerprint density at radius 2 is 1.52 bits per heavy atom. The maximum Gasteiger partial charge on any atom is 0.338 e. The fourth-order valence-corrected chi connectivity index (χ4v) is 3.90. The van der Waals surface area contributed by atoms with Gasteiger partial charge in [0.05, 0.1) is 19.2 Å². The van der Waals surface area contributed by atoms with E-state index in [0.717, 1.165) is 21.1 Å². The zero-order chi connectivity index (χ0) is 20.6. The first-order chi connectivity index (χ1) is 14.1. The number of carbonyl (C=O) groups excluding carboxylic acids is 2. The molecule has 148 valence electrons. The van der Waals surface area contributed by atoms with Gasteiger partial charge in [-0.25, -0.2) is 9.86 Å². The number of rotatable bonds is 7. The lowest BCUT2D eigenvalue weighted by atomic mass is 10.1. The SMILES string of the molecule is COC(=O)c1ccccc1CSc1ccccc1CN(O)C(=O)c1ccccc1. The van der Waals surface area contributed by atoms with Crippen molar-refractivity contribution >= 4 is 23.6 Å². The summed E-state index contributed by atoms with van der Waals surface area (Å²) in [5.41, 5.74) is 2.63. The van der Waals surface area contributed by atoms with Crippen molar-refractivity contribution < 1.29 is 19.5 Å². The van der Waals surface area contributed by atoms with E-state index in [1.807, 2.05) is 42.5 Å². The summed E-state index contributed by atoms with van der Waals surface area (Å²) in [6, 6.07) is 23.5. The molecule has 0 bridgehead atoms. The fraction of sp³-hybridized carbons (Fsp3) is 0.130. The maximum absolute atomic E-state index is 12.4. The second-order valence-corrected chi connectivity index (χ2v) is 7.29. The second kappa shape index (κ2) is 9.91. The van der Waals surface area contributed by atoms with E-state index in [2.05, 4.69) is 0 Å². The van der Waals surface area contributed by atoms with Crippen LogP contribution in [0.1, 0.15) is 31.8 Å². The standard InChI is InChI=1S/C23H21NO4S/c1-28-23(26)20-13-7-5-12-19(20)16-29-21-14-8-6-11-18(21)15-24(27)22(25)17-9-3-2-4-10-17/h2-14,27H,15-16H2,1H3. The van der Waals surface area contributed by atoms with Crippen LogP contribution in [0.2, 0.25) is 0 Å². The summed E-state index contributed by atoms with van der Waals surface area (Å²) < 4.78 is 4.85. The molecular formula is C23H21NO4S. The largest absolute Gasteiger partial charge is 0.465 e. The predicted octanol–water partition coefficient (Wildman–Crippen LogP) is 4.80. The first-order valence-corrected chi connectivity index (χ1v) is 10.0. The Morgan fingerprint density at radius 3 is 2.24 bits per heavy atom. The highest BCUT2D eigenvalue weighted by Crippen LogP contribution is 2.28. The number of ether oxygens (including phenoxy) is 1. The van der Waals surface area contributed by atoms with Crippen LogP contribution in [-0.4, -0.2) is 29.3 Å². The summed E-state index contributed by atoms with van der Waals surface area (Å²) in [6.07, 6.45) is 0. The van der Waals surface area contributed by atoms with Crippen molar-refractivity contribution in [3.05, 3.63) is 101 Å². The lowest BCUT2D eigenvalue weighted by Gasteiger charge is -2.17. The molecule has 0 atom stereocenters. The van der Waals surface area contributed by atoms with Crippen LogP contribution < -0.4 is 0 Å². The Labute approximate surface area is 173 Å². The summed E-state index contributed by atoms with van der Waals surface area (Å²) in [4.78, 5) is 25.3. The first kappa shape index (κ1) is 20.6. The van der Waals surface area contributed by atoms with Crippen molar-refractivity contribution in [2.45, 2.75) is 17.2 Å². The van der Waals surface area contributed by atoms with E-state index in [9.17, 15) is 14.8 Å². The average molecular weight is 407 g/mol. The number of hydrogen-bond donors (Lipinski definition) is 1. The molecule has 6 heteroatoms. The van der Waals surface area contributed by atoms with E-state index in [1.54, 1.807) is 36.4 Å². The van der Waals surface area contributed by atoms with E-state index in [-0.39, 0.29) is 12.5 Å². The molecule has 0 heterocycles. The van der Waals surface area contributed by atoms with Crippen LogP contribution >= 0.6 is 11.8 Å². The number of thioether (sulfide) groups is 1. The molecule has 1 amide bonds. The number of esters is 1. The van der Waals surface area contributed by atoms with Crippen LogP contribution in [0.5, 0.6) is 0 Å². The molecule has 0 aliphatic carbocycles. The number of carbonyl (C=O) groups is 2. The van der Waals surface area contributed by atoms with Crippen LogP contribution in [0.4, 0.5) is 0 Å². The van der Waals surface area contributed by atoms with Gasteiger partial charge in [0.15, 0.2) is 0 Å². The maximum atomic E-state index is 12.4. The Hall–Kier alpha value is -3.09. The van der Waals surface area contributed by atoms with E-state index in [1.165, 1.54) is 18.9 Å². The van der Waals surface area contributed by atoms with Crippen LogP contribution in [0.3, 0.4) is 0 Å². The molecule has 0 spiro atoms. The monoisotopic (exact) mass is 407 g/mol. The van der Waals surface area contributed by atoms with Gasteiger partial charge in [0.1, 0.15) is 0 Å². The van der Waals surface area contributed by atoms with Gasteiger partial charge in [-0.3, -0.25) is 10.0 Å². The Balaban J connectivity index is 1.73. The zero-order valence-electron chi connectivity index (χ0n) is 15.9. The third-order valence-corrected chi connectivity index (χ3v) is 5.52. The van der Waals surface area contributed by atoms with Crippen molar-refractivity contribution in [2.75, 3.05) is 7.11 Å². The third-order valence-electron chi connectivity index (χ3n) is 4.35. The molecule has 0 aliphatic rings. The molecule has 0 aromatic heterocycles. The second-order valence-electron chi connectivity index (χ2n) is 6.27. The molecule has 0 unspecified atom stereocenters. The summed E-state index contributed by atoms with van der Waals surface area (Å²) in [5, 5.41) is 11.0. The van der Waals surface area contributed by atoms with Crippen LogP contribution in [0.25, 0.3) is 0 Å². The van der Waals surface area contributed by atoms with Crippen molar-refractivity contribution in [3.63, 3.8) is 0 Å².